The molecule has 118 valence electrons. The van der Waals surface area contributed by atoms with Crippen LogP contribution in [0.1, 0.15) is 23.7 Å². The summed E-state index contributed by atoms with van der Waals surface area (Å²) in [4.78, 5) is 22.5. The van der Waals surface area contributed by atoms with Crippen LogP contribution in [0.15, 0.2) is 24.3 Å². The Morgan fingerprint density at radius 1 is 1.24 bits per heavy atom. The summed E-state index contributed by atoms with van der Waals surface area (Å²) < 4.78 is 5.15. The Bertz CT molecular complexity index is 455. The first-order valence-electron chi connectivity index (χ1n) is 6.63. The number of hydrogen-bond donors (Lipinski definition) is 3. The normalized spacial score (nSPS) is 9.57. The van der Waals surface area contributed by atoms with Crippen LogP contribution in [-0.2, 0) is 4.79 Å². The van der Waals surface area contributed by atoms with E-state index in [9.17, 15) is 9.59 Å². The first-order chi connectivity index (χ1) is 9.63. The van der Waals surface area contributed by atoms with Gasteiger partial charge in [0.2, 0.25) is 0 Å². The zero-order chi connectivity index (χ0) is 14.8. The van der Waals surface area contributed by atoms with E-state index in [0.717, 1.165) is 19.5 Å². The Hall–Kier alpha value is -1.79. The molecule has 1 aromatic carbocycles. The van der Waals surface area contributed by atoms with Crippen molar-refractivity contribution in [3.8, 4) is 5.75 Å². The quantitative estimate of drug-likeness (QED) is 0.585. The molecule has 4 N–H and O–H groups in total. The highest BCUT2D eigenvalue weighted by Crippen LogP contribution is 2.12. The summed E-state index contributed by atoms with van der Waals surface area (Å²) >= 11 is 0. The van der Waals surface area contributed by atoms with E-state index in [-0.39, 0.29) is 24.9 Å². The molecule has 1 rings (SSSR count). The van der Waals surface area contributed by atoms with Crippen molar-refractivity contribution in [3.05, 3.63) is 29.8 Å². The highest BCUT2D eigenvalue weighted by molar-refractivity contribution is 5.94. The lowest BCUT2D eigenvalue weighted by molar-refractivity contribution is -0.119. The number of ether oxygens (including phenoxy) is 1. The lowest BCUT2D eigenvalue weighted by Crippen LogP contribution is -2.32. The van der Waals surface area contributed by atoms with Crippen LogP contribution in [-0.4, -0.2) is 38.1 Å². The molecule has 0 aliphatic carbocycles. The molecule has 0 aliphatic heterocycles. The maximum absolute atomic E-state index is 11.9. The second-order valence-electron chi connectivity index (χ2n) is 4.29. The molecular formula is C14H22ClN3O3. The predicted octanol–water partition coefficient (Wildman–Crippen LogP) is 0.702. The number of halogens is 1. The molecule has 6 nitrogen and oxygen atoms in total. The van der Waals surface area contributed by atoms with E-state index < -0.39 is 5.91 Å². The molecule has 2 amide bonds. The average Bonchev–Trinajstić information content (AvgIpc) is 2.45. The van der Waals surface area contributed by atoms with Crippen LogP contribution in [0.25, 0.3) is 0 Å². The van der Waals surface area contributed by atoms with Gasteiger partial charge >= 0.3 is 0 Å². The summed E-state index contributed by atoms with van der Waals surface area (Å²) in [5.41, 5.74) is 5.48. The number of nitrogens with one attached hydrogen (secondary N) is 2. The topological polar surface area (TPSA) is 93.4 Å². The molecule has 0 aliphatic rings. The van der Waals surface area contributed by atoms with Crippen molar-refractivity contribution < 1.29 is 14.3 Å². The van der Waals surface area contributed by atoms with Crippen molar-refractivity contribution in [3.63, 3.8) is 0 Å². The fraction of sp³-hybridized carbons (Fsp3) is 0.429. The molecule has 0 fully saturated rings. The number of rotatable bonds is 9. The van der Waals surface area contributed by atoms with Crippen LogP contribution in [0.3, 0.4) is 0 Å². The SMILES string of the molecule is CCCNCCNC(=O)c1cccc(OCC(N)=O)c1.Cl. The molecule has 0 saturated carbocycles. The smallest absolute Gasteiger partial charge is 0.255 e. The number of primary amides is 1. The molecule has 0 atom stereocenters. The van der Waals surface area contributed by atoms with Crippen LogP contribution in [0, 0.1) is 0 Å². The van der Waals surface area contributed by atoms with Gasteiger partial charge in [-0.2, -0.15) is 0 Å². The molecule has 1 aromatic rings. The summed E-state index contributed by atoms with van der Waals surface area (Å²) in [6.45, 7) is 4.12. The minimum Gasteiger partial charge on any atom is -0.484 e. The van der Waals surface area contributed by atoms with Crippen LogP contribution in [0.4, 0.5) is 0 Å². The van der Waals surface area contributed by atoms with Gasteiger partial charge in [-0.3, -0.25) is 9.59 Å². The van der Waals surface area contributed by atoms with Crippen LogP contribution < -0.4 is 21.1 Å². The first-order valence-corrected chi connectivity index (χ1v) is 6.63. The highest BCUT2D eigenvalue weighted by Gasteiger charge is 2.06. The van der Waals surface area contributed by atoms with Gasteiger partial charge in [-0.15, -0.1) is 12.4 Å². The zero-order valence-corrected chi connectivity index (χ0v) is 12.9. The Labute approximate surface area is 130 Å². The third kappa shape index (κ3) is 8.16. The average molecular weight is 316 g/mol. The van der Waals surface area contributed by atoms with E-state index >= 15 is 0 Å². The van der Waals surface area contributed by atoms with Crippen LogP contribution >= 0.6 is 12.4 Å². The van der Waals surface area contributed by atoms with Gasteiger partial charge in [0.15, 0.2) is 6.61 Å². The van der Waals surface area contributed by atoms with E-state index in [0.29, 0.717) is 17.9 Å². The molecule has 0 unspecified atom stereocenters. The van der Waals surface area contributed by atoms with E-state index in [2.05, 4.69) is 17.6 Å². The van der Waals surface area contributed by atoms with Gasteiger partial charge in [0, 0.05) is 18.7 Å². The number of hydrogen-bond acceptors (Lipinski definition) is 4. The summed E-state index contributed by atoms with van der Waals surface area (Å²) in [6, 6.07) is 6.63. The Balaban J connectivity index is 0.00000400. The van der Waals surface area contributed by atoms with Gasteiger partial charge in [-0.05, 0) is 31.2 Å². The molecule has 21 heavy (non-hydrogen) atoms. The highest BCUT2D eigenvalue weighted by atomic mass is 35.5. The molecule has 7 heteroatoms. The minimum atomic E-state index is -0.554. The van der Waals surface area contributed by atoms with E-state index in [1.807, 2.05) is 0 Å². The van der Waals surface area contributed by atoms with Gasteiger partial charge in [0.05, 0.1) is 0 Å². The maximum atomic E-state index is 11.9. The Morgan fingerprint density at radius 2 is 2.00 bits per heavy atom. The monoisotopic (exact) mass is 315 g/mol. The van der Waals surface area contributed by atoms with Gasteiger partial charge in [0.25, 0.3) is 11.8 Å². The van der Waals surface area contributed by atoms with Crippen molar-refractivity contribution in [2.24, 2.45) is 5.73 Å². The van der Waals surface area contributed by atoms with Crippen molar-refractivity contribution in [1.82, 2.24) is 10.6 Å². The number of benzene rings is 1. The molecule has 0 heterocycles. The standard InChI is InChI=1S/C14H21N3O3.ClH/c1-2-6-16-7-8-17-14(19)11-4-3-5-12(9-11)20-10-13(15)18;/h3-5,9,16H,2,6-8,10H2,1H3,(H2,15,18)(H,17,19);1H. The molecular weight excluding hydrogens is 294 g/mol. The summed E-state index contributed by atoms with van der Waals surface area (Å²) in [6.07, 6.45) is 1.06. The Morgan fingerprint density at radius 3 is 2.67 bits per heavy atom. The summed E-state index contributed by atoms with van der Waals surface area (Å²) in [5.74, 6) is -0.282. The second-order valence-corrected chi connectivity index (χ2v) is 4.29. The van der Waals surface area contributed by atoms with Crippen molar-refractivity contribution >= 4 is 24.2 Å². The summed E-state index contributed by atoms with van der Waals surface area (Å²) in [7, 11) is 0. The third-order valence-corrected chi connectivity index (χ3v) is 2.49. The van der Waals surface area contributed by atoms with Crippen molar-refractivity contribution in [2.75, 3.05) is 26.2 Å². The Kier molecular flexibility index (Phi) is 10.0. The number of nitrogens with two attached hydrogens (primary N) is 1. The molecule has 0 spiro atoms. The predicted molar refractivity (Wildman–Crippen MR) is 83.9 cm³/mol. The lowest BCUT2D eigenvalue weighted by atomic mass is 10.2. The fourth-order valence-corrected chi connectivity index (χ4v) is 1.55. The summed E-state index contributed by atoms with van der Waals surface area (Å²) in [5, 5.41) is 6.00. The van der Waals surface area contributed by atoms with E-state index in [4.69, 9.17) is 10.5 Å². The third-order valence-electron chi connectivity index (χ3n) is 2.49. The first kappa shape index (κ1) is 19.2. The molecule has 0 bridgehead atoms. The fourth-order valence-electron chi connectivity index (χ4n) is 1.55. The van der Waals surface area contributed by atoms with Crippen LogP contribution in [0.2, 0.25) is 0 Å². The van der Waals surface area contributed by atoms with Crippen molar-refractivity contribution in [1.29, 1.82) is 0 Å². The molecule has 0 saturated heterocycles. The largest absolute Gasteiger partial charge is 0.484 e. The van der Waals surface area contributed by atoms with Gasteiger partial charge in [-0.25, -0.2) is 0 Å². The molecule has 0 aromatic heterocycles. The van der Waals surface area contributed by atoms with E-state index in [1.54, 1.807) is 24.3 Å². The van der Waals surface area contributed by atoms with Crippen LogP contribution in [0.5, 0.6) is 5.75 Å². The van der Waals surface area contributed by atoms with Gasteiger partial charge in [-0.1, -0.05) is 13.0 Å². The number of amides is 2. The second kappa shape index (κ2) is 10.9. The van der Waals surface area contributed by atoms with Gasteiger partial charge in [0.1, 0.15) is 5.75 Å². The zero-order valence-electron chi connectivity index (χ0n) is 12.1. The number of carbonyl (C=O) groups is 2. The number of carbonyl (C=O) groups excluding carboxylic acids is 2. The van der Waals surface area contributed by atoms with E-state index in [1.165, 1.54) is 0 Å². The molecule has 0 radical (unpaired) electrons. The lowest BCUT2D eigenvalue weighted by Gasteiger charge is -2.08. The minimum absolute atomic E-state index is 0. The van der Waals surface area contributed by atoms with Gasteiger partial charge < -0.3 is 21.1 Å². The van der Waals surface area contributed by atoms with Crippen molar-refractivity contribution in [2.45, 2.75) is 13.3 Å². The maximum Gasteiger partial charge on any atom is 0.255 e.